The van der Waals surface area contributed by atoms with Crippen LogP contribution in [0, 0.1) is 0 Å². The predicted molar refractivity (Wildman–Crippen MR) is 62.9 cm³/mol. The van der Waals surface area contributed by atoms with Gasteiger partial charge in [0, 0.05) is 44.4 Å². The lowest BCUT2D eigenvalue weighted by Gasteiger charge is -2.15. The molecular weight excluding hydrogens is 228 g/mol. The van der Waals surface area contributed by atoms with Gasteiger partial charge in [-0.15, -0.1) is 0 Å². The highest BCUT2D eigenvalue weighted by Crippen LogP contribution is 2.04. The molecule has 7 heteroatoms. The lowest BCUT2D eigenvalue weighted by molar-refractivity contribution is 0.601. The molecule has 16 heavy (non-hydrogen) atoms. The van der Waals surface area contributed by atoms with Crippen LogP contribution in [0.5, 0.6) is 0 Å². The Morgan fingerprint density at radius 3 is 2.38 bits per heavy atom. The zero-order valence-electron chi connectivity index (χ0n) is 9.42. The second-order valence-electron chi connectivity index (χ2n) is 3.65. The Morgan fingerprint density at radius 2 is 1.94 bits per heavy atom. The maximum atomic E-state index is 11.0. The summed E-state index contributed by atoms with van der Waals surface area (Å²) in [6, 6.07) is 0. The summed E-state index contributed by atoms with van der Waals surface area (Å²) in [5.74, 6) is 0.590. The van der Waals surface area contributed by atoms with Crippen LogP contribution in [0.4, 0.5) is 5.95 Å². The zero-order chi connectivity index (χ0) is 12.2. The predicted octanol–water partition coefficient (Wildman–Crippen LogP) is -0.584. The van der Waals surface area contributed by atoms with Crippen molar-refractivity contribution in [2.75, 3.05) is 30.5 Å². The van der Waals surface area contributed by atoms with Gasteiger partial charge in [0.05, 0.1) is 5.75 Å². The molecule has 1 aromatic heterocycles. The van der Waals surface area contributed by atoms with Crippen molar-refractivity contribution in [3.8, 4) is 0 Å². The first-order valence-corrected chi connectivity index (χ1v) is 6.88. The van der Waals surface area contributed by atoms with E-state index in [0.29, 0.717) is 19.0 Å². The van der Waals surface area contributed by atoms with E-state index >= 15 is 0 Å². The molecule has 0 fully saturated rings. The first kappa shape index (κ1) is 12.9. The summed E-state index contributed by atoms with van der Waals surface area (Å²) in [5.41, 5.74) is 6.27. The van der Waals surface area contributed by atoms with Gasteiger partial charge in [-0.25, -0.2) is 18.4 Å². The molecule has 2 N–H and O–H groups in total. The summed E-state index contributed by atoms with van der Waals surface area (Å²) >= 11 is 0. The van der Waals surface area contributed by atoms with Crippen molar-refractivity contribution in [2.45, 2.75) is 6.54 Å². The van der Waals surface area contributed by atoms with Gasteiger partial charge in [0.2, 0.25) is 5.95 Å². The van der Waals surface area contributed by atoms with Crippen LogP contribution in [0.15, 0.2) is 12.4 Å². The number of hydrogen-bond acceptors (Lipinski definition) is 6. The molecule has 0 aliphatic carbocycles. The first-order valence-electron chi connectivity index (χ1n) is 4.82. The molecule has 0 aromatic carbocycles. The lowest BCUT2D eigenvalue weighted by Crippen LogP contribution is -2.26. The van der Waals surface area contributed by atoms with Crippen molar-refractivity contribution in [3.63, 3.8) is 0 Å². The third-order valence-electron chi connectivity index (χ3n) is 2.07. The number of anilines is 1. The van der Waals surface area contributed by atoms with E-state index in [0.717, 1.165) is 5.56 Å². The van der Waals surface area contributed by atoms with Crippen molar-refractivity contribution in [1.29, 1.82) is 0 Å². The largest absolute Gasteiger partial charge is 0.343 e. The smallest absolute Gasteiger partial charge is 0.225 e. The van der Waals surface area contributed by atoms with Crippen LogP contribution in [0.2, 0.25) is 0 Å². The Labute approximate surface area is 95.4 Å². The fraction of sp³-hybridized carbons (Fsp3) is 0.556. The van der Waals surface area contributed by atoms with E-state index in [1.54, 1.807) is 24.3 Å². The number of rotatable bonds is 5. The van der Waals surface area contributed by atoms with Gasteiger partial charge in [0.25, 0.3) is 0 Å². The normalized spacial score (nSPS) is 11.4. The minimum absolute atomic E-state index is 0.0888. The Kier molecular flexibility index (Phi) is 4.19. The summed E-state index contributed by atoms with van der Waals surface area (Å²) in [6.45, 7) is 0.772. The highest BCUT2D eigenvalue weighted by atomic mass is 32.2. The maximum Gasteiger partial charge on any atom is 0.225 e. The Hall–Kier alpha value is -1.21. The van der Waals surface area contributed by atoms with E-state index in [1.807, 2.05) is 0 Å². The molecule has 1 aromatic rings. The summed E-state index contributed by atoms with van der Waals surface area (Å²) < 4.78 is 22.0. The van der Waals surface area contributed by atoms with E-state index < -0.39 is 9.84 Å². The number of sulfone groups is 1. The molecule has 0 atom stereocenters. The zero-order valence-corrected chi connectivity index (χ0v) is 10.2. The monoisotopic (exact) mass is 244 g/mol. The van der Waals surface area contributed by atoms with Gasteiger partial charge in [0.15, 0.2) is 0 Å². The molecule has 0 amide bonds. The third kappa shape index (κ3) is 4.11. The van der Waals surface area contributed by atoms with Gasteiger partial charge in [-0.3, -0.25) is 0 Å². The quantitative estimate of drug-likeness (QED) is 0.745. The summed E-state index contributed by atoms with van der Waals surface area (Å²) in [5, 5.41) is 0. The van der Waals surface area contributed by atoms with Crippen LogP contribution in [-0.2, 0) is 16.4 Å². The summed E-state index contributed by atoms with van der Waals surface area (Å²) in [6.07, 6.45) is 4.48. The van der Waals surface area contributed by atoms with Gasteiger partial charge in [-0.1, -0.05) is 0 Å². The van der Waals surface area contributed by atoms with Crippen molar-refractivity contribution < 1.29 is 8.42 Å². The maximum absolute atomic E-state index is 11.0. The van der Waals surface area contributed by atoms with Crippen LogP contribution in [0.25, 0.3) is 0 Å². The van der Waals surface area contributed by atoms with E-state index in [2.05, 4.69) is 9.97 Å². The van der Waals surface area contributed by atoms with Crippen LogP contribution < -0.4 is 10.6 Å². The van der Waals surface area contributed by atoms with Gasteiger partial charge < -0.3 is 10.6 Å². The lowest BCUT2D eigenvalue weighted by atomic mass is 10.3. The fourth-order valence-corrected chi connectivity index (χ4v) is 1.66. The van der Waals surface area contributed by atoms with Crippen molar-refractivity contribution in [1.82, 2.24) is 9.97 Å². The second kappa shape index (κ2) is 5.22. The Morgan fingerprint density at radius 1 is 1.38 bits per heavy atom. The van der Waals surface area contributed by atoms with Gasteiger partial charge in [0.1, 0.15) is 9.84 Å². The van der Waals surface area contributed by atoms with Crippen LogP contribution in [0.3, 0.4) is 0 Å². The molecule has 0 bridgehead atoms. The summed E-state index contributed by atoms with van der Waals surface area (Å²) in [7, 11) is -1.20. The number of nitrogens with zero attached hydrogens (tertiary/aromatic N) is 3. The van der Waals surface area contributed by atoms with Crippen LogP contribution >= 0.6 is 0 Å². The van der Waals surface area contributed by atoms with E-state index in [-0.39, 0.29) is 5.75 Å². The Bertz CT molecular complexity index is 429. The number of hydrogen-bond donors (Lipinski definition) is 1. The number of aromatic nitrogens is 2. The molecule has 0 unspecified atom stereocenters. The SMILES string of the molecule is CN(CCS(C)(=O)=O)c1ncc(CN)cn1. The fourth-order valence-electron chi connectivity index (χ4n) is 1.05. The van der Waals surface area contributed by atoms with Gasteiger partial charge in [-0.05, 0) is 0 Å². The molecule has 90 valence electrons. The average Bonchev–Trinajstić information content (AvgIpc) is 2.25. The number of nitrogens with two attached hydrogens (primary N) is 1. The summed E-state index contributed by atoms with van der Waals surface area (Å²) in [4.78, 5) is 9.88. The Balaban J connectivity index is 2.62. The highest BCUT2D eigenvalue weighted by molar-refractivity contribution is 7.90. The molecule has 0 spiro atoms. The minimum atomic E-state index is -2.96. The topological polar surface area (TPSA) is 89.2 Å². The first-order chi connectivity index (χ1) is 7.42. The van der Waals surface area contributed by atoms with Crippen LogP contribution in [0.1, 0.15) is 5.56 Å². The van der Waals surface area contributed by atoms with Crippen molar-refractivity contribution in [3.05, 3.63) is 18.0 Å². The molecule has 1 rings (SSSR count). The minimum Gasteiger partial charge on any atom is -0.343 e. The average molecular weight is 244 g/mol. The van der Waals surface area contributed by atoms with E-state index in [9.17, 15) is 8.42 Å². The highest BCUT2D eigenvalue weighted by Gasteiger charge is 2.08. The van der Waals surface area contributed by atoms with Gasteiger partial charge >= 0.3 is 0 Å². The molecule has 6 nitrogen and oxygen atoms in total. The standard InChI is InChI=1S/C9H16N4O2S/c1-13(3-4-16(2,14)15)9-11-6-8(5-10)7-12-9/h6-7H,3-5,10H2,1-2H3. The van der Waals surface area contributed by atoms with E-state index in [1.165, 1.54) is 6.26 Å². The molecule has 0 saturated heterocycles. The van der Waals surface area contributed by atoms with Crippen LogP contribution in [-0.4, -0.2) is 44.0 Å². The third-order valence-corrected chi connectivity index (χ3v) is 2.99. The molecule has 0 radical (unpaired) electrons. The van der Waals surface area contributed by atoms with Crippen molar-refractivity contribution in [2.24, 2.45) is 5.73 Å². The molecule has 0 aliphatic heterocycles. The van der Waals surface area contributed by atoms with E-state index in [4.69, 9.17) is 5.73 Å². The second-order valence-corrected chi connectivity index (χ2v) is 5.91. The molecule has 1 heterocycles. The molecule has 0 saturated carbocycles. The van der Waals surface area contributed by atoms with Crippen molar-refractivity contribution >= 4 is 15.8 Å². The van der Waals surface area contributed by atoms with Gasteiger partial charge in [-0.2, -0.15) is 0 Å². The molecule has 0 aliphatic rings. The molecular formula is C9H16N4O2S.